The summed E-state index contributed by atoms with van der Waals surface area (Å²) >= 11 is 0. The lowest BCUT2D eigenvalue weighted by Crippen LogP contribution is -2.63. The fourth-order valence-electron chi connectivity index (χ4n) is 8.95. The zero-order chi connectivity index (χ0) is 26.8. The van der Waals surface area contributed by atoms with E-state index < -0.39 is 40.3 Å². The van der Waals surface area contributed by atoms with Gasteiger partial charge in [-0.1, -0.05) is 27.7 Å². The van der Waals surface area contributed by atoms with Crippen LogP contribution in [0.4, 0.5) is 0 Å². The molecule has 4 aliphatic rings. The van der Waals surface area contributed by atoms with Crippen LogP contribution < -0.4 is 0 Å². The van der Waals surface area contributed by atoms with Crippen LogP contribution in [-0.2, 0) is 4.79 Å². The van der Waals surface area contributed by atoms with E-state index in [2.05, 4.69) is 13.8 Å². The minimum absolute atomic E-state index is 0.0354. The smallest absolute Gasteiger partial charge is 0.159 e. The molecule has 0 aromatic carbocycles. The van der Waals surface area contributed by atoms with Gasteiger partial charge in [-0.25, -0.2) is 0 Å². The van der Waals surface area contributed by atoms with E-state index in [1.54, 1.807) is 13.0 Å². The average molecular weight is 509 g/mol. The third-order valence-corrected chi connectivity index (χ3v) is 11.5. The van der Waals surface area contributed by atoms with Crippen molar-refractivity contribution >= 4 is 5.78 Å². The standard InChI is InChI=1S/C29H48O7/c1-16(2)17(8-11-30)12-25(34)28(5,35)24-7-10-29(36)19-13-21(31)20-14-22(32)23(33)15-26(20,3)18(19)6-9-27(24,29)4/h13,16-18,20,22-25,30,32-36H,6-12,14-15H2,1-5H3/t17-,18?,20?,22-,23+,24+,25-,26-,27-,28+,29-/m1/s1. The molecule has 7 heteroatoms. The van der Waals surface area contributed by atoms with E-state index in [0.29, 0.717) is 38.5 Å². The van der Waals surface area contributed by atoms with Crippen molar-refractivity contribution in [1.82, 2.24) is 0 Å². The molecule has 0 aromatic heterocycles. The number of ketones is 1. The number of rotatable bonds is 7. The zero-order valence-corrected chi connectivity index (χ0v) is 22.7. The highest BCUT2D eigenvalue weighted by Crippen LogP contribution is 2.68. The summed E-state index contributed by atoms with van der Waals surface area (Å²) in [5.74, 6) is -0.586. The van der Waals surface area contributed by atoms with Crippen LogP contribution in [0.25, 0.3) is 0 Å². The molecule has 0 spiro atoms. The molecule has 0 heterocycles. The van der Waals surface area contributed by atoms with E-state index in [1.165, 1.54) is 0 Å². The number of carbonyl (C=O) groups is 1. The van der Waals surface area contributed by atoms with Crippen LogP contribution in [0.15, 0.2) is 11.6 Å². The minimum atomic E-state index is -1.44. The molecule has 0 bridgehead atoms. The number of aliphatic hydroxyl groups excluding tert-OH is 4. The number of carbonyl (C=O) groups excluding carboxylic acids is 1. The quantitative estimate of drug-likeness (QED) is 0.310. The molecule has 7 nitrogen and oxygen atoms in total. The molecule has 6 N–H and O–H groups in total. The molecule has 0 radical (unpaired) electrons. The molecule has 3 saturated carbocycles. The summed E-state index contributed by atoms with van der Waals surface area (Å²) in [7, 11) is 0. The summed E-state index contributed by atoms with van der Waals surface area (Å²) in [5.41, 5.74) is -3.26. The molecule has 0 aromatic rings. The van der Waals surface area contributed by atoms with Crippen LogP contribution >= 0.6 is 0 Å². The van der Waals surface area contributed by atoms with E-state index in [-0.39, 0.29) is 48.4 Å². The monoisotopic (exact) mass is 508 g/mol. The van der Waals surface area contributed by atoms with Crippen molar-refractivity contribution < 1.29 is 35.4 Å². The van der Waals surface area contributed by atoms with Crippen molar-refractivity contribution in [2.45, 2.75) is 115 Å². The predicted molar refractivity (Wildman–Crippen MR) is 136 cm³/mol. The van der Waals surface area contributed by atoms with Gasteiger partial charge in [-0.3, -0.25) is 4.79 Å². The first kappa shape index (κ1) is 28.2. The van der Waals surface area contributed by atoms with Crippen LogP contribution in [0.1, 0.15) is 86.0 Å². The second-order valence-electron chi connectivity index (χ2n) is 13.6. The molecular formula is C29H48O7. The Balaban J connectivity index is 1.65. The van der Waals surface area contributed by atoms with Crippen LogP contribution in [0, 0.1) is 40.4 Å². The molecular weight excluding hydrogens is 460 g/mol. The van der Waals surface area contributed by atoms with Gasteiger partial charge in [0.2, 0.25) is 0 Å². The Morgan fingerprint density at radius 3 is 2.39 bits per heavy atom. The fraction of sp³-hybridized carbons (Fsp3) is 0.897. The topological polar surface area (TPSA) is 138 Å². The first-order chi connectivity index (χ1) is 16.6. The lowest BCUT2D eigenvalue weighted by Gasteiger charge is -2.60. The van der Waals surface area contributed by atoms with Gasteiger partial charge in [-0.05, 0) is 99.0 Å². The number of allylic oxidation sites excluding steroid dienone is 1. The third-order valence-electron chi connectivity index (χ3n) is 11.5. The first-order valence-corrected chi connectivity index (χ1v) is 14.0. The van der Waals surface area contributed by atoms with Gasteiger partial charge < -0.3 is 30.6 Å². The van der Waals surface area contributed by atoms with Gasteiger partial charge >= 0.3 is 0 Å². The molecule has 3 fully saturated rings. The maximum atomic E-state index is 13.3. The van der Waals surface area contributed by atoms with E-state index in [1.807, 2.05) is 13.8 Å². The van der Waals surface area contributed by atoms with Crippen molar-refractivity contribution in [2.75, 3.05) is 6.61 Å². The molecule has 4 aliphatic carbocycles. The van der Waals surface area contributed by atoms with Gasteiger partial charge in [0.05, 0.1) is 29.5 Å². The molecule has 0 aliphatic heterocycles. The van der Waals surface area contributed by atoms with Crippen LogP contribution in [0.3, 0.4) is 0 Å². The lowest BCUT2D eigenvalue weighted by atomic mass is 9.45. The molecule has 2 unspecified atom stereocenters. The maximum absolute atomic E-state index is 13.3. The highest BCUT2D eigenvalue weighted by Gasteiger charge is 2.69. The SMILES string of the molecule is CC(C)[C@H](CCO)C[C@@H](O)[C@@](C)(O)[C@H]1CC[C@@]2(O)C3=CC(=O)C4C[C@@H](O)[C@@H](O)C[C@]4(C)C3CC[C@]12C. The summed E-state index contributed by atoms with van der Waals surface area (Å²) in [6, 6.07) is 0. The van der Waals surface area contributed by atoms with E-state index in [9.17, 15) is 35.4 Å². The van der Waals surface area contributed by atoms with Crippen LogP contribution in [-0.4, -0.2) is 72.5 Å². The average Bonchev–Trinajstić information content (AvgIpc) is 3.07. The molecule has 36 heavy (non-hydrogen) atoms. The zero-order valence-electron chi connectivity index (χ0n) is 22.7. The molecule has 11 atom stereocenters. The van der Waals surface area contributed by atoms with Gasteiger partial charge in [0, 0.05) is 17.9 Å². The summed E-state index contributed by atoms with van der Waals surface area (Å²) in [4.78, 5) is 13.3. The second-order valence-corrected chi connectivity index (χ2v) is 13.6. The van der Waals surface area contributed by atoms with Crippen molar-refractivity contribution in [2.24, 2.45) is 40.4 Å². The highest BCUT2D eigenvalue weighted by atomic mass is 16.3. The summed E-state index contributed by atoms with van der Waals surface area (Å²) in [6.45, 7) is 9.84. The van der Waals surface area contributed by atoms with Crippen molar-refractivity contribution in [3.63, 3.8) is 0 Å². The second kappa shape index (κ2) is 9.42. The molecule has 4 rings (SSSR count). The Morgan fingerprint density at radius 1 is 1.11 bits per heavy atom. The van der Waals surface area contributed by atoms with Gasteiger partial charge in [-0.15, -0.1) is 0 Å². The Kier molecular flexibility index (Phi) is 7.38. The predicted octanol–water partition coefficient (Wildman–Crippen LogP) is 2.35. The van der Waals surface area contributed by atoms with Gasteiger partial charge in [0.15, 0.2) is 5.78 Å². The summed E-state index contributed by atoms with van der Waals surface area (Å²) in [6.07, 6.45) is 2.60. The number of hydrogen-bond acceptors (Lipinski definition) is 7. The van der Waals surface area contributed by atoms with Crippen molar-refractivity contribution in [1.29, 1.82) is 0 Å². The van der Waals surface area contributed by atoms with Crippen LogP contribution in [0.5, 0.6) is 0 Å². The number of hydrogen-bond donors (Lipinski definition) is 6. The van der Waals surface area contributed by atoms with E-state index in [0.717, 1.165) is 12.0 Å². The summed E-state index contributed by atoms with van der Waals surface area (Å²) < 4.78 is 0. The minimum Gasteiger partial charge on any atom is -0.396 e. The third kappa shape index (κ3) is 4.04. The Labute approximate surface area is 215 Å². The first-order valence-electron chi connectivity index (χ1n) is 14.0. The number of aliphatic hydroxyl groups is 6. The van der Waals surface area contributed by atoms with E-state index >= 15 is 0 Å². The summed E-state index contributed by atoms with van der Waals surface area (Å²) in [5, 5.41) is 65.6. The van der Waals surface area contributed by atoms with Gasteiger partial charge in [0.1, 0.15) is 0 Å². The highest BCUT2D eigenvalue weighted by molar-refractivity contribution is 5.95. The Morgan fingerprint density at radius 2 is 1.78 bits per heavy atom. The van der Waals surface area contributed by atoms with Gasteiger partial charge in [0.25, 0.3) is 0 Å². The molecule has 0 saturated heterocycles. The van der Waals surface area contributed by atoms with Crippen LogP contribution in [0.2, 0.25) is 0 Å². The largest absolute Gasteiger partial charge is 0.396 e. The van der Waals surface area contributed by atoms with E-state index in [4.69, 9.17) is 0 Å². The van der Waals surface area contributed by atoms with Gasteiger partial charge in [-0.2, -0.15) is 0 Å². The molecule has 206 valence electrons. The molecule has 0 amide bonds. The van der Waals surface area contributed by atoms with Crippen molar-refractivity contribution in [3.8, 4) is 0 Å². The Hall–Kier alpha value is -0.830. The lowest BCUT2D eigenvalue weighted by molar-refractivity contribution is -0.177. The number of fused-ring (bicyclic) bond motifs is 5. The maximum Gasteiger partial charge on any atom is 0.159 e. The van der Waals surface area contributed by atoms with Crippen molar-refractivity contribution in [3.05, 3.63) is 11.6 Å². The Bertz CT molecular complexity index is 883. The fourth-order valence-corrected chi connectivity index (χ4v) is 8.95. The normalized spacial score (nSPS) is 45.8.